The van der Waals surface area contributed by atoms with Crippen LogP contribution in [0.15, 0.2) is 23.1 Å². The van der Waals surface area contributed by atoms with Gasteiger partial charge < -0.3 is 5.32 Å². The molecule has 0 bridgehead atoms. The molecule has 1 atom stereocenters. The summed E-state index contributed by atoms with van der Waals surface area (Å²) in [6.07, 6.45) is 1.65. The van der Waals surface area contributed by atoms with Crippen LogP contribution in [0.25, 0.3) is 0 Å². The largest absolute Gasteiger partial charge is 0.315 e. The van der Waals surface area contributed by atoms with E-state index in [1.54, 1.807) is 0 Å². The number of sulfonamides is 1. The first-order chi connectivity index (χ1) is 8.49. The van der Waals surface area contributed by atoms with Gasteiger partial charge in [-0.1, -0.05) is 11.6 Å². The fraction of sp³-hybridized carbons (Fsp3) is 0.455. The first-order valence-corrected chi connectivity index (χ1v) is 7.53. The zero-order chi connectivity index (χ0) is 13.2. The predicted molar refractivity (Wildman–Crippen MR) is 67.6 cm³/mol. The summed E-state index contributed by atoms with van der Waals surface area (Å²) in [5.41, 5.74) is 0. The summed E-state index contributed by atoms with van der Waals surface area (Å²) in [4.78, 5) is -0.363. The molecule has 0 radical (unpaired) electrons. The first kappa shape index (κ1) is 13.7. The van der Waals surface area contributed by atoms with E-state index in [1.807, 2.05) is 0 Å². The number of benzene rings is 1. The molecule has 1 fully saturated rings. The van der Waals surface area contributed by atoms with Crippen LogP contribution in [-0.2, 0) is 10.0 Å². The molecule has 1 aromatic carbocycles. The summed E-state index contributed by atoms with van der Waals surface area (Å²) >= 11 is 5.59. The summed E-state index contributed by atoms with van der Waals surface area (Å²) in [5, 5.41) is 3.26. The van der Waals surface area contributed by atoms with E-state index in [-0.39, 0.29) is 16.0 Å². The highest BCUT2D eigenvalue weighted by Gasteiger charge is 2.24. The normalized spacial score (nSPS) is 20.9. The molecule has 0 aliphatic carbocycles. The van der Waals surface area contributed by atoms with Crippen molar-refractivity contribution >= 4 is 21.6 Å². The molecule has 2 rings (SSSR count). The maximum atomic E-state index is 13.6. The molecule has 1 aromatic rings. The molecular formula is C11H14ClFN2O2S. The number of hydrogen-bond acceptors (Lipinski definition) is 3. The van der Waals surface area contributed by atoms with Gasteiger partial charge in [-0.15, -0.1) is 0 Å². The van der Waals surface area contributed by atoms with Gasteiger partial charge in [-0.05, 0) is 37.6 Å². The molecule has 100 valence electrons. The average molecular weight is 293 g/mol. The second-order valence-corrected chi connectivity index (χ2v) is 6.36. The molecular weight excluding hydrogens is 279 g/mol. The van der Waals surface area contributed by atoms with E-state index in [1.165, 1.54) is 12.1 Å². The highest BCUT2D eigenvalue weighted by Crippen LogP contribution is 2.19. The fourth-order valence-electron chi connectivity index (χ4n) is 1.93. The van der Waals surface area contributed by atoms with E-state index in [0.717, 1.165) is 25.5 Å². The zero-order valence-electron chi connectivity index (χ0n) is 9.62. The predicted octanol–water partition coefficient (Wildman–Crippen LogP) is 1.51. The van der Waals surface area contributed by atoms with Crippen LogP contribution < -0.4 is 10.0 Å². The van der Waals surface area contributed by atoms with E-state index in [2.05, 4.69) is 10.0 Å². The molecule has 7 heteroatoms. The molecule has 1 aliphatic heterocycles. The molecule has 0 unspecified atom stereocenters. The number of nitrogens with one attached hydrogen (secondary N) is 2. The lowest BCUT2D eigenvalue weighted by Crippen LogP contribution is -2.45. The van der Waals surface area contributed by atoms with Gasteiger partial charge in [0, 0.05) is 17.6 Å². The summed E-state index contributed by atoms with van der Waals surface area (Å²) < 4.78 is 40.1. The molecule has 0 spiro atoms. The maximum Gasteiger partial charge on any atom is 0.243 e. The fourth-order valence-corrected chi connectivity index (χ4v) is 3.42. The van der Waals surface area contributed by atoms with Crippen LogP contribution in [0.4, 0.5) is 4.39 Å². The van der Waals surface area contributed by atoms with Crippen LogP contribution in [-0.4, -0.2) is 27.5 Å². The van der Waals surface area contributed by atoms with Crippen LogP contribution in [0.5, 0.6) is 0 Å². The van der Waals surface area contributed by atoms with E-state index in [9.17, 15) is 12.8 Å². The third kappa shape index (κ3) is 3.20. The summed E-state index contributed by atoms with van der Waals surface area (Å²) in [6, 6.07) is 3.34. The number of halogens is 2. The lowest BCUT2D eigenvalue weighted by atomic mass is 10.1. The minimum Gasteiger partial charge on any atom is -0.315 e. The molecule has 1 saturated heterocycles. The van der Waals surface area contributed by atoms with Gasteiger partial charge in [-0.2, -0.15) is 0 Å². The van der Waals surface area contributed by atoms with Crippen molar-refractivity contribution in [3.63, 3.8) is 0 Å². The molecule has 0 saturated carbocycles. The van der Waals surface area contributed by atoms with Gasteiger partial charge in [0.1, 0.15) is 10.7 Å². The Balaban J connectivity index is 2.19. The Labute approximate surface area is 111 Å². The Hall–Kier alpha value is -0.690. The van der Waals surface area contributed by atoms with Gasteiger partial charge in [0.2, 0.25) is 10.0 Å². The van der Waals surface area contributed by atoms with Crippen molar-refractivity contribution in [2.24, 2.45) is 0 Å². The van der Waals surface area contributed by atoms with Crippen molar-refractivity contribution in [3.05, 3.63) is 29.0 Å². The van der Waals surface area contributed by atoms with E-state index >= 15 is 0 Å². The lowest BCUT2D eigenvalue weighted by molar-refractivity contribution is 0.427. The smallest absolute Gasteiger partial charge is 0.243 e. The number of piperidine rings is 1. The summed E-state index contributed by atoms with van der Waals surface area (Å²) in [5.74, 6) is -0.834. The van der Waals surface area contributed by atoms with Crippen molar-refractivity contribution in [3.8, 4) is 0 Å². The van der Waals surface area contributed by atoms with Crippen molar-refractivity contribution in [2.45, 2.75) is 23.8 Å². The highest BCUT2D eigenvalue weighted by molar-refractivity contribution is 7.89. The van der Waals surface area contributed by atoms with E-state index in [4.69, 9.17) is 11.6 Å². The standard InChI is InChI=1S/C11H14ClFN2O2S/c12-8-3-4-11(10(13)6-8)18(16,17)15-9-2-1-5-14-7-9/h3-4,6,9,14-15H,1-2,5,7H2/t9-/m1/s1. The minimum atomic E-state index is -3.83. The Kier molecular flexibility index (Phi) is 4.21. The van der Waals surface area contributed by atoms with Crippen molar-refractivity contribution in [2.75, 3.05) is 13.1 Å². The summed E-state index contributed by atoms with van der Waals surface area (Å²) in [7, 11) is -3.83. The molecule has 2 N–H and O–H groups in total. The van der Waals surface area contributed by atoms with Crippen molar-refractivity contribution in [1.82, 2.24) is 10.0 Å². The molecule has 4 nitrogen and oxygen atoms in total. The second-order valence-electron chi connectivity index (χ2n) is 4.24. The van der Waals surface area contributed by atoms with Gasteiger partial charge >= 0.3 is 0 Å². The lowest BCUT2D eigenvalue weighted by Gasteiger charge is -2.23. The van der Waals surface area contributed by atoms with Crippen LogP contribution in [0, 0.1) is 5.82 Å². The van der Waals surface area contributed by atoms with Crippen LogP contribution in [0.1, 0.15) is 12.8 Å². The van der Waals surface area contributed by atoms with E-state index in [0.29, 0.717) is 6.54 Å². The molecule has 1 aliphatic rings. The Bertz CT molecular complexity index is 530. The first-order valence-electron chi connectivity index (χ1n) is 5.67. The highest BCUT2D eigenvalue weighted by atomic mass is 35.5. The van der Waals surface area contributed by atoms with Gasteiger partial charge in [0.05, 0.1) is 0 Å². The third-order valence-electron chi connectivity index (χ3n) is 2.80. The Morgan fingerprint density at radius 1 is 1.44 bits per heavy atom. The third-order valence-corrected chi connectivity index (χ3v) is 4.59. The van der Waals surface area contributed by atoms with Gasteiger partial charge in [0.15, 0.2) is 0 Å². The van der Waals surface area contributed by atoms with Gasteiger partial charge in [0.25, 0.3) is 0 Å². The Morgan fingerprint density at radius 2 is 2.22 bits per heavy atom. The number of rotatable bonds is 3. The Morgan fingerprint density at radius 3 is 2.83 bits per heavy atom. The monoisotopic (exact) mass is 292 g/mol. The van der Waals surface area contributed by atoms with Crippen LogP contribution in [0.3, 0.4) is 0 Å². The van der Waals surface area contributed by atoms with E-state index < -0.39 is 15.8 Å². The SMILES string of the molecule is O=S(=O)(N[C@@H]1CCCNC1)c1ccc(Cl)cc1F. The average Bonchev–Trinajstić information content (AvgIpc) is 2.29. The summed E-state index contributed by atoms with van der Waals surface area (Å²) in [6.45, 7) is 1.45. The molecule has 1 heterocycles. The van der Waals surface area contributed by atoms with Crippen LogP contribution in [0.2, 0.25) is 5.02 Å². The molecule has 0 aromatic heterocycles. The molecule has 0 amide bonds. The topological polar surface area (TPSA) is 58.2 Å². The zero-order valence-corrected chi connectivity index (χ0v) is 11.2. The quantitative estimate of drug-likeness (QED) is 0.888. The van der Waals surface area contributed by atoms with Gasteiger partial charge in [-0.25, -0.2) is 17.5 Å². The van der Waals surface area contributed by atoms with Crippen LogP contribution >= 0.6 is 11.6 Å². The second kappa shape index (κ2) is 5.52. The number of hydrogen-bond donors (Lipinski definition) is 2. The minimum absolute atomic E-state index is 0.172. The van der Waals surface area contributed by atoms with Gasteiger partial charge in [-0.3, -0.25) is 0 Å². The van der Waals surface area contributed by atoms with Crippen molar-refractivity contribution in [1.29, 1.82) is 0 Å². The maximum absolute atomic E-state index is 13.6. The molecule has 18 heavy (non-hydrogen) atoms. The van der Waals surface area contributed by atoms with Crippen molar-refractivity contribution < 1.29 is 12.8 Å².